The molecule has 0 saturated carbocycles. The minimum absolute atomic E-state index is 1.00. The summed E-state index contributed by atoms with van der Waals surface area (Å²) < 4.78 is 2.96. The van der Waals surface area contributed by atoms with Crippen LogP contribution in [0.2, 0.25) is 0 Å². The maximum absolute atomic E-state index is 4.03. The van der Waals surface area contributed by atoms with Crippen molar-refractivity contribution in [3.05, 3.63) is 22.3 Å². The number of aromatic nitrogens is 2. The van der Waals surface area contributed by atoms with Crippen LogP contribution in [0, 0.1) is 3.83 Å². The summed E-state index contributed by atoms with van der Waals surface area (Å²) in [6, 6.07) is 1.90. The van der Waals surface area contributed by atoms with Gasteiger partial charge in [-0.25, -0.2) is 4.57 Å². The van der Waals surface area contributed by atoms with Gasteiger partial charge in [0.1, 0.15) is 6.20 Å². The first-order valence-electron chi connectivity index (χ1n) is 2.27. The molecule has 0 amide bonds. The van der Waals surface area contributed by atoms with E-state index in [-0.39, 0.29) is 0 Å². The van der Waals surface area contributed by atoms with Crippen LogP contribution in [0.3, 0.4) is 0 Å². The summed E-state index contributed by atoms with van der Waals surface area (Å²) in [5.74, 6) is 0. The summed E-state index contributed by atoms with van der Waals surface area (Å²) in [4.78, 5) is 4.03. The third-order valence-corrected chi connectivity index (χ3v) is 1.91. The summed E-state index contributed by atoms with van der Waals surface area (Å²) in [5, 5.41) is 0. The molecule has 0 saturated heterocycles. The lowest BCUT2D eigenvalue weighted by molar-refractivity contribution is -0.687. The fourth-order valence-corrected chi connectivity index (χ4v) is 0.746. The maximum atomic E-state index is 4.03. The predicted octanol–water partition coefficient (Wildman–Crippen LogP) is 0.511. The number of rotatable bonds is 0. The Hall–Kier alpha value is -0.190. The zero-order chi connectivity index (χ0) is 5.98. The van der Waals surface area contributed by atoms with Gasteiger partial charge in [-0.3, -0.25) is 0 Å². The SMILES string of the molecule is C[n+]1cccnc1I. The van der Waals surface area contributed by atoms with Crippen LogP contribution < -0.4 is 4.57 Å². The summed E-state index contributed by atoms with van der Waals surface area (Å²) in [6.45, 7) is 0. The van der Waals surface area contributed by atoms with Gasteiger partial charge in [0, 0.05) is 6.07 Å². The molecular weight excluding hydrogens is 215 g/mol. The van der Waals surface area contributed by atoms with Crippen molar-refractivity contribution in [2.24, 2.45) is 7.05 Å². The fraction of sp³-hybridized carbons (Fsp3) is 0.200. The molecule has 0 unspecified atom stereocenters. The van der Waals surface area contributed by atoms with E-state index in [0.717, 1.165) is 3.83 Å². The Kier molecular flexibility index (Phi) is 1.77. The van der Waals surface area contributed by atoms with E-state index in [9.17, 15) is 0 Å². The van der Waals surface area contributed by atoms with Gasteiger partial charge >= 0.3 is 3.83 Å². The summed E-state index contributed by atoms with van der Waals surface area (Å²) >= 11 is 2.18. The van der Waals surface area contributed by atoms with E-state index in [4.69, 9.17) is 0 Å². The first kappa shape index (κ1) is 5.94. The molecule has 0 spiro atoms. The standard InChI is InChI=1S/C5H6IN2/c1-8-4-2-3-7-5(8)6/h2-4H,1H3/q+1. The molecule has 0 aromatic carbocycles. The van der Waals surface area contributed by atoms with Gasteiger partial charge in [-0.1, -0.05) is 0 Å². The highest BCUT2D eigenvalue weighted by molar-refractivity contribution is 14.1. The molecule has 8 heavy (non-hydrogen) atoms. The summed E-state index contributed by atoms with van der Waals surface area (Å²) in [5.41, 5.74) is 0. The fourth-order valence-electron chi connectivity index (χ4n) is 0.425. The average molecular weight is 221 g/mol. The van der Waals surface area contributed by atoms with Crippen LogP contribution in [0.5, 0.6) is 0 Å². The van der Waals surface area contributed by atoms with Crippen molar-refractivity contribution in [1.82, 2.24) is 4.98 Å². The quantitative estimate of drug-likeness (QED) is 0.354. The zero-order valence-electron chi connectivity index (χ0n) is 4.50. The zero-order valence-corrected chi connectivity index (χ0v) is 6.66. The van der Waals surface area contributed by atoms with Crippen molar-refractivity contribution in [3.63, 3.8) is 0 Å². The Morgan fingerprint density at radius 1 is 1.75 bits per heavy atom. The van der Waals surface area contributed by atoms with Crippen LogP contribution in [0.1, 0.15) is 0 Å². The van der Waals surface area contributed by atoms with Gasteiger partial charge in [-0.05, 0) is 4.98 Å². The van der Waals surface area contributed by atoms with E-state index < -0.39 is 0 Å². The lowest BCUT2D eigenvalue weighted by Crippen LogP contribution is -2.32. The number of aryl methyl sites for hydroxylation is 1. The van der Waals surface area contributed by atoms with Crippen molar-refractivity contribution >= 4 is 22.6 Å². The van der Waals surface area contributed by atoms with Gasteiger partial charge in [0.25, 0.3) is 0 Å². The number of nitrogens with zero attached hydrogens (tertiary/aromatic N) is 2. The Morgan fingerprint density at radius 3 is 2.88 bits per heavy atom. The molecule has 3 heteroatoms. The molecule has 0 aliphatic rings. The Morgan fingerprint density at radius 2 is 2.50 bits per heavy atom. The smallest absolute Gasteiger partial charge is 0.228 e. The van der Waals surface area contributed by atoms with Crippen LogP contribution >= 0.6 is 22.6 Å². The molecule has 0 aliphatic heterocycles. The topological polar surface area (TPSA) is 16.8 Å². The van der Waals surface area contributed by atoms with Crippen molar-refractivity contribution in [2.45, 2.75) is 0 Å². The Labute approximate surface area is 61.7 Å². The van der Waals surface area contributed by atoms with Gasteiger partial charge in [0.2, 0.25) is 0 Å². The Bertz CT molecular complexity index is 167. The van der Waals surface area contributed by atoms with Crippen LogP contribution in [0.4, 0.5) is 0 Å². The van der Waals surface area contributed by atoms with Crippen LogP contribution in [0.15, 0.2) is 18.5 Å². The third kappa shape index (κ3) is 1.15. The minimum atomic E-state index is 1.00. The Balaban J connectivity index is 3.13. The van der Waals surface area contributed by atoms with Gasteiger partial charge < -0.3 is 0 Å². The van der Waals surface area contributed by atoms with Gasteiger partial charge in [0.05, 0.1) is 35.8 Å². The van der Waals surface area contributed by atoms with E-state index in [0.29, 0.717) is 0 Å². The second kappa shape index (κ2) is 2.39. The first-order chi connectivity index (χ1) is 3.80. The first-order valence-corrected chi connectivity index (χ1v) is 3.35. The summed E-state index contributed by atoms with van der Waals surface area (Å²) in [7, 11) is 1.97. The van der Waals surface area contributed by atoms with E-state index in [1.165, 1.54) is 0 Å². The summed E-state index contributed by atoms with van der Waals surface area (Å²) in [6.07, 6.45) is 3.75. The maximum Gasteiger partial charge on any atom is 0.357 e. The van der Waals surface area contributed by atoms with E-state index >= 15 is 0 Å². The molecule has 1 heterocycles. The second-order valence-corrected chi connectivity index (χ2v) is 2.46. The molecule has 0 bridgehead atoms. The largest absolute Gasteiger partial charge is 0.357 e. The monoisotopic (exact) mass is 221 g/mol. The van der Waals surface area contributed by atoms with Gasteiger partial charge in [-0.15, -0.1) is 0 Å². The highest BCUT2D eigenvalue weighted by Crippen LogP contribution is 1.86. The van der Waals surface area contributed by atoms with E-state index in [1.807, 2.05) is 23.9 Å². The van der Waals surface area contributed by atoms with Crippen LogP contribution in [0.25, 0.3) is 0 Å². The predicted molar refractivity (Wildman–Crippen MR) is 38.1 cm³/mol. The van der Waals surface area contributed by atoms with Gasteiger partial charge in [0.15, 0.2) is 0 Å². The van der Waals surface area contributed by atoms with Crippen LogP contribution in [-0.4, -0.2) is 4.98 Å². The molecule has 1 aromatic heterocycles. The average Bonchev–Trinajstić information content (AvgIpc) is 1.77. The van der Waals surface area contributed by atoms with E-state index in [1.54, 1.807) is 6.20 Å². The van der Waals surface area contributed by atoms with Crippen LogP contribution in [-0.2, 0) is 7.05 Å². The molecule has 2 nitrogen and oxygen atoms in total. The van der Waals surface area contributed by atoms with Crippen molar-refractivity contribution < 1.29 is 4.57 Å². The van der Waals surface area contributed by atoms with E-state index in [2.05, 4.69) is 27.6 Å². The second-order valence-electron chi connectivity index (χ2n) is 1.50. The molecular formula is C5H6IN2+. The highest BCUT2D eigenvalue weighted by atomic mass is 127. The molecule has 1 aromatic rings. The number of hydrogen-bond donors (Lipinski definition) is 0. The molecule has 42 valence electrons. The highest BCUT2D eigenvalue weighted by Gasteiger charge is 1.97. The third-order valence-electron chi connectivity index (χ3n) is 0.868. The van der Waals surface area contributed by atoms with Crippen molar-refractivity contribution in [2.75, 3.05) is 0 Å². The number of halogens is 1. The lowest BCUT2D eigenvalue weighted by Gasteiger charge is -1.84. The van der Waals surface area contributed by atoms with Crippen molar-refractivity contribution in [3.8, 4) is 0 Å². The van der Waals surface area contributed by atoms with Gasteiger partial charge in [-0.2, -0.15) is 0 Å². The molecule has 0 fully saturated rings. The molecule has 1 rings (SSSR count). The number of hydrogen-bond acceptors (Lipinski definition) is 1. The normalized spacial score (nSPS) is 9.25. The lowest BCUT2D eigenvalue weighted by atomic mass is 10.7. The molecule has 0 radical (unpaired) electrons. The molecule has 0 aliphatic carbocycles. The molecule has 0 N–H and O–H groups in total. The molecule has 0 atom stereocenters. The van der Waals surface area contributed by atoms with Crippen molar-refractivity contribution in [1.29, 1.82) is 0 Å². The minimum Gasteiger partial charge on any atom is -0.228 e.